The van der Waals surface area contributed by atoms with Gasteiger partial charge in [-0.05, 0) is 53.0 Å². The fraction of sp³-hybridized carbons (Fsp3) is 0.571. The van der Waals surface area contributed by atoms with Crippen molar-refractivity contribution in [3.8, 4) is 0 Å². The molecule has 2 rings (SSSR count). The number of nitrogens with zero attached hydrogens (tertiary/aromatic N) is 2. The molecule has 2 nitrogen and oxygen atoms in total. The van der Waals surface area contributed by atoms with Crippen molar-refractivity contribution in [3.63, 3.8) is 0 Å². The summed E-state index contributed by atoms with van der Waals surface area (Å²) >= 11 is 3.08. The van der Waals surface area contributed by atoms with E-state index in [4.69, 9.17) is 0 Å². The highest BCUT2D eigenvalue weighted by molar-refractivity contribution is 7.03. The van der Waals surface area contributed by atoms with Crippen LogP contribution in [0.15, 0.2) is 23.0 Å². The lowest BCUT2D eigenvalue weighted by atomic mass is 9.75. The predicted octanol–water partition coefficient (Wildman–Crippen LogP) is 4.64. The van der Waals surface area contributed by atoms with Crippen molar-refractivity contribution in [2.45, 2.75) is 51.4 Å². The minimum atomic E-state index is 0.153. The van der Waals surface area contributed by atoms with Crippen molar-refractivity contribution in [1.29, 1.82) is 0 Å². The van der Waals surface area contributed by atoms with E-state index < -0.39 is 0 Å². The Morgan fingerprint density at radius 1 is 1.06 bits per heavy atom. The maximum atomic E-state index is 4.48. The van der Waals surface area contributed by atoms with Crippen LogP contribution < -0.4 is 0 Å². The second-order valence-corrected chi connectivity index (χ2v) is 7.39. The van der Waals surface area contributed by atoms with Crippen LogP contribution in [0.5, 0.6) is 0 Å². The molecule has 18 heavy (non-hydrogen) atoms. The molecule has 0 fully saturated rings. The van der Waals surface area contributed by atoms with Gasteiger partial charge in [0.1, 0.15) is 0 Å². The minimum absolute atomic E-state index is 0.153. The van der Waals surface area contributed by atoms with Gasteiger partial charge in [0, 0.05) is 22.4 Å². The van der Waals surface area contributed by atoms with Gasteiger partial charge >= 0.3 is 0 Å². The molecule has 0 unspecified atom stereocenters. The van der Waals surface area contributed by atoms with Crippen molar-refractivity contribution in [1.82, 2.24) is 8.75 Å². The topological polar surface area (TPSA) is 25.8 Å². The fourth-order valence-electron chi connectivity index (χ4n) is 2.00. The van der Waals surface area contributed by atoms with E-state index >= 15 is 0 Å². The molecule has 0 aliphatic carbocycles. The molecule has 0 N–H and O–H groups in total. The fourth-order valence-corrected chi connectivity index (χ4v) is 3.40. The Hall–Kier alpha value is -0.740. The van der Waals surface area contributed by atoms with Crippen LogP contribution in [-0.2, 0) is 10.8 Å². The molecule has 0 saturated carbocycles. The zero-order valence-electron chi connectivity index (χ0n) is 11.4. The zero-order valence-corrected chi connectivity index (χ0v) is 13.1. The number of hydrogen-bond acceptors (Lipinski definition) is 4. The number of aromatic nitrogens is 2. The molecule has 0 radical (unpaired) electrons. The van der Waals surface area contributed by atoms with E-state index in [1.54, 1.807) is 0 Å². The van der Waals surface area contributed by atoms with E-state index in [1.165, 1.54) is 34.3 Å². The van der Waals surface area contributed by atoms with Crippen molar-refractivity contribution < 1.29 is 0 Å². The first-order valence-corrected chi connectivity index (χ1v) is 7.90. The van der Waals surface area contributed by atoms with E-state index in [-0.39, 0.29) is 10.8 Å². The molecule has 0 spiro atoms. The van der Waals surface area contributed by atoms with Crippen LogP contribution in [0.25, 0.3) is 0 Å². The lowest BCUT2D eigenvalue weighted by Gasteiger charge is -2.29. The van der Waals surface area contributed by atoms with E-state index in [1.807, 2.05) is 6.20 Å². The number of hydrogen-bond donors (Lipinski definition) is 0. The van der Waals surface area contributed by atoms with E-state index in [0.717, 1.165) is 12.8 Å². The lowest BCUT2D eigenvalue weighted by Crippen LogP contribution is -2.24. The van der Waals surface area contributed by atoms with E-state index in [9.17, 15) is 0 Å². The highest BCUT2D eigenvalue weighted by Crippen LogP contribution is 2.35. The second kappa shape index (κ2) is 5.10. The molecule has 4 heteroatoms. The van der Waals surface area contributed by atoms with Crippen LogP contribution in [0.4, 0.5) is 0 Å². The van der Waals surface area contributed by atoms with E-state index in [2.05, 4.69) is 53.3 Å². The van der Waals surface area contributed by atoms with Crippen LogP contribution >= 0.6 is 23.1 Å². The molecule has 0 aliphatic heterocycles. The molecular formula is C14H20N2S2. The summed E-state index contributed by atoms with van der Waals surface area (Å²) in [4.78, 5) is 0. The Morgan fingerprint density at radius 3 is 2.33 bits per heavy atom. The van der Waals surface area contributed by atoms with Crippen LogP contribution in [0.3, 0.4) is 0 Å². The minimum Gasteiger partial charge on any atom is -0.201 e. The summed E-state index contributed by atoms with van der Waals surface area (Å²) in [5.41, 5.74) is 2.91. The summed E-state index contributed by atoms with van der Waals surface area (Å²) in [6.45, 7) is 9.16. The van der Waals surface area contributed by atoms with Gasteiger partial charge in [0.05, 0.1) is 5.69 Å². The summed E-state index contributed by atoms with van der Waals surface area (Å²) in [6, 6.07) is 2.14. The van der Waals surface area contributed by atoms with Crippen LogP contribution in [0.1, 0.15) is 51.8 Å². The van der Waals surface area contributed by atoms with Crippen LogP contribution in [0.2, 0.25) is 0 Å². The first kappa shape index (κ1) is 13.7. The SMILES string of the molecule is CC(C)(CCC(C)(C)c1ccsn1)c1cnsc1. The molecule has 0 atom stereocenters. The Bertz CT molecular complexity index is 424. The zero-order chi connectivity index (χ0) is 13.2. The standard InChI is InChI=1S/C14H20N2S2/c1-13(2,11-9-15-18-10-11)6-7-14(3,4)12-5-8-17-16-12/h5,8-10H,6-7H2,1-4H3. The van der Waals surface area contributed by atoms with Gasteiger partial charge in [-0.15, -0.1) is 0 Å². The molecule has 98 valence electrons. The largest absolute Gasteiger partial charge is 0.201 e. The molecule has 2 aromatic heterocycles. The van der Waals surface area contributed by atoms with Crippen molar-refractivity contribution in [2.24, 2.45) is 0 Å². The Morgan fingerprint density at radius 2 is 1.78 bits per heavy atom. The van der Waals surface area contributed by atoms with Gasteiger partial charge in [-0.25, -0.2) is 4.37 Å². The average Bonchev–Trinajstić information content (AvgIpc) is 2.99. The van der Waals surface area contributed by atoms with Crippen molar-refractivity contribution in [3.05, 3.63) is 34.3 Å². The van der Waals surface area contributed by atoms with Gasteiger partial charge in [0.15, 0.2) is 0 Å². The van der Waals surface area contributed by atoms with Gasteiger partial charge in [-0.2, -0.15) is 4.37 Å². The first-order valence-electron chi connectivity index (χ1n) is 6.22. The molecule has 0 saturated heterocycles. The molecule has 2 heterocycles. The third-order valence-electron chi connectivity index (χ3n) is 3.72. The quantitative estimate of drug-likeness (QED) is 0.797. The summed E-state index contributed by atoms with van der Waals surface area (Å²) < 4.78 is 8.70. The number of rotatable bonds is 5. The summed E-state index contributed by atoms with van der Waals surface area (Å²) in [5.74, 6) is 0. The van der Waals surface area contributed by atoms with Gasteiger partial charge in [0.25, 0.3) is 0 Å². The average molecular weight is 280 g/mol. The van der Waals surface area contributed by atoms with Gasteiger partial charge in [-0.3, -0.25) is 0 Å². The summed E-state index contributed by atoms with van der Waals surface area (Å²) in [6.07, 6.45) is 4.29. The molecule has 0 aliphatic rings. The molecule has 0 amide bonds. The maximum absolute atomic E-state index is 4.48. The van der Waals surface area contributed by atoms with Gasteiger partial charge in [-0.1, -0.05) is 27.7 Å². The van der Waals surface area contributed by atoms with Crippen LogP contribution in [-0.4, -0.2) is 8.75 Å². The third kappa shape index (κ3) is 2.98. The van der Waals surface area contributed by atoms with Gasteiger partial charge < -0.3 is 0 Å². The normalized spacial score (nSPS) is 12.9. The van der Waals surface area contributed by atoms with Crippen molar-refractivity contribution in [2.75, 3.05) is 0 Å². The highest BCUT2D eigenvalue weighted by atomic mass is 32.1. The van der Waals surface area contributed by atoms with Crippen molar-refractivity contribution >= 4 is 23.1 Å². The van der Waals surface area contributed by atoms with Gasteiger partial charge in [0.2, 0.25) is 0 Å². The molecule has 0 bridgehead atoms. The summed E-state index contributed by atoms with van der Waals surface area (Å²) in [5, 5.41) is 4.22. The Labute approximate surface area is 117 Å². The van der Waals surface area contributed by atoms with Crippen LogP contribution in [0, 0.1) is 0 Å². The molecule has 0 aromatic carbocycles. The Balaban J connectivity index is 2.03. The summed E-state index contributed by atoms with van der Waals surface area (Å²) in [7, 11) is 0. The lowest BCUT2D eigenvalue weighted by molar-refractivity contribution is 0.371. The monoisotopic (exact) mass is 280 g/mol. The smallest absolute Gasteiger partial charge is 0.0598 e. The first-order chi connectivity index (χ1) is 8.42. The molecular weight excluding hydrogens is 260 g/mol. The third-order valence-corrected chi connectivity index (χ3v) is 4.87. The Kier molecular flexibility index (Phi) is 3.87. The maximum Gasteiger partial charge on any atom is 0.0598 e. The van der Waals surface area contributed by atoms with E-state index in [0.29, 0.717) is 0 Å². The second-order valence-electron chi connectivity index (χ2n) is 6.07. The highest BCUT2D eigenvalue weighted by Gasteiger charge is 2.28. The molecule has 2 aromatic rings. The predicted molar refractivity (Wildman–Crippen MR) is 79.5 cm³/mol.